The number of carbonyl (C=O) groups is 1. The molecule has 2 amide bonds. The number of carbonyl (C=O) groups excluding carboxylic acids is 1. The predicted octanol–water partition coefficient (Wildman–Crippen LogP) is 3.13. The maximum Gasteiger partial charge on any atom is 0.321 e. The molecule has 0 aliphatic carbocycles. The minimum atomic E-state index is -0.169. The molecule has 0 spiro atoms. The summed E-state index contributed by atoms with van der Waals surface area (Å²) >= 11 is 0. The van der Waals surface area contributed by atoms with Crippen molar-refractivity contribution in [2.24, 2.45) is 5.41 Å². The number of aliphatic hydroxyl groups is 1. The minimum absolute atomic E-state index is 0.0195. The van der Waals surface area contributed by atoms with Crippen molar-refractivity contribution in [2.75, 3.05) is 25.0 Å². The summed E-state index contributed by atoms with van der Waals surface area (Å²) in [4.78, 5) is 14.5. The summed E-state index contributed by atoms with van der Waals surface area (Å²) in [5, 5.41) is 16.3. The van der Waals surface area contributed by atoms with Crippen LogP contribution in [-0.4, -0.2) is 45.5 Å². The fourth-order valence-electron chi connectivity index (χ4n) is 2.47. The molecule has 130 valence electrons. The van der Waals surface area contributed by atoms with E-state index >= 15 is 0 Å². The number of aliphatic hydroxyl groups excluding tert-OH is 1. The summed E-state index contributed by atoms with van der Waals surface area (Å²) in [6.07, 6.45) is 4.10. The van der Waals surface area contributed by atoms with Gasteiger partial charge < -0.3 is 15.3 Å². The molecule has 0 saturated heterocycles. The van der Waals surface area contributed by atoms with Gasteiger partial charge in [0.05, 0.1) is 11.4 Å². The van der Waals surface area contributed by atoms with Gasteiger partial charge in [-0.2, -0.15) is 5.10 Å². The van der Waals surface area contributed by atoms with E-state index in [4.69, 9.17) is 5.11 Å². The Bertz CT molecular complexity index is 647. The van der Waals surface area contributed by atoms with Gasteiger partial charge in [-0.25, -0.2) is 9.48 Å². The van der Waals surface area contributed by atoms with Crippen molar-refractivity contribution in [3.8, 4) is 5.69 Å². The number of anilines is 1. The highest BCUT2D eigenvalue weighted by Gasteiger charge is 2.21. The van der Waals surface area contributed by atoms with E-state index in [1.807, 2.05) is 36.5 Å². The standard InChI is InChI=1S/C18H26N4O2/c1-18(2,3)14-21(11-7-13-23)17(24)20-15-8-4-5-9-16(15)22-12-6-10-19-22/h4-6,8-10,12,23H,7,11,13-14H2,1-3H3,(H,20,24). The Kier molecular flexibility index (Phi) is 5.98. The smallest absolute Gasteiger partial charge is 0.321 e. The van der Waals surface area contributed by atoms with E-state index in [0.717, 1.165) is 5.69 Å². The van der Waals surface area contributed by atoms with Gasteiger partial charge in [-0.15, -0.1) is 0 Å². The third-order valence-electron chi connectivity index (χ3n) is 3.44. The highest BCUT2D eigenvalue weighted by molar-refractivity contribution is 5.91. The highest BCUT2D eigenvalue weighted by Crippen LogP contribution is 2.21. The SMILES string of the molecule is CC(C)(C)CN(CCCO)C(=O)Nc1ccccc1-n1cccn1. The first-order chi connectivity index (χ1) is 11.4. The van der Waals surface area contributed by atoms with Gasteiger partial charge in [-0.1, -0.05) is 32.9 Å². The Morgan fingerprint density at radius 2 is 2.04 bits per heavy atom. The van der Waals surface area contributed by atoms with E-state index in [-0.39, 0.29) is 18.1 Å². The Hall–Kier alpha value is -2.34. The van der Waals surface area contributed by atoms with Crippen molar-refractivity contribution in [2.45, 2.75) is 27.2 Å². The predicted molar refractivity (Wildman–Crippen MR) is 95.3 cm³/mol. The van der Waals surface area contributed by atoms with Gasteiger partial charge in [0, 0.05) is 32.1 Å². The lowest BCUT2D eigenvalue weighted by Crippen LogP contribution is -2.41. The Labute approximate surface area is 143 Å². The van der Waals surface area contributed by atoms with Crippen molar-refractivity contribution in [3.05, 3.63) is 42.7 Å². The van der Waals surface area contributed by atoms with Crippen LogP contribution in [-0.2, 0) is 0 Å². The molecular weight excluding hydrogens is 304 g/mol. The van der Waals surface area contributed by atoms with Crippen LogP contribution in [0, 0.1) is 5.41 Å². The first kappa shape index (κ1) is 18.0. The number of amides is 2. The van der Waals surface area contributed by atoms with Crippen molar-refractivity contribution in [1.82, 2.24) is 14.7 Å². The second-order valence-corrected chi connectivity index (χ2v) is 6.96. The molecule has 2 rings (SSSR count). The number of para-hydroxylation sites is 2. The zero-order chi connectivity index (χ0) is 17.6. The van der Waals surface area contributed by atoms with Crippen molar-refractivity contribution >= 4 is 11.7 Å². The number of benzene rings is 1. The topological polar surface area (TPSA) is 70.4 Å². The first-order valence-electron chi connectivity index (χ1n) is 8.16. The molecule has 1 aromatic heterocycles. The highest BCUT2D eigenvalue weighted by atomic mass is 16.3. The van der Waals surface area contributed by atoms with Crippen LogP contribution in [0.2, 0.25) is 0 Å². The molecule has 0 atom stereocenters. The summed E-state index contributed by atoms with van der Waals surface area (Å²) in [5.41, 5.74) is 1.50. The quantitative estimate of drug-likeness (QED) is 0.855. The van der Waals surface area contributed by atoms with Gasteiger partial charge in [0.2, 0.25) is 0 Å². The molecule has 1 heterocycles. The molecular formula is C18H26N4O2. The molecule has 1 aromatic carbocycles. The Morgan fingerprint density at radius 3 is 2.67 bits per heavy atom. The molecule has 2 N–H and O–H groups in total. The van der Waals surface area contributed by atoms with Crippen LogP contribution in [0.5, 0.6) is 0 Å². The lowest BCUT2D eigenvalue weighted by Gasteiger charge is -2.30. The summed E-state index contributed by atoms with van der Waals surface area (Å²) in [5.74, 6) is 0. The van der Waals surface area contributed by atoms with Crippen molar-refractivity contribution in [3.63, 3.8) is 0 Å². The lowest BCUT2D eigenvalue weighted by molar-refractivity contribution is 0.176. The zero-order valence-corrected chi connectivity index (χ0v) is 14.6. The maximum atomic E-state index is 12.7. The second-order valence-electron chi connectivity index (χ2n) is 6.96. The van der Waals surface area contributed by atoms with E-state index in [0.29, 0.717) is 25.2 Å². The van der Waals surface area contributed by atoms with Gasteiger partial charge in [0.15, 0.2) is 0 Å². The van der Waals surface area contributed by atoms with E-state index in [9.17, 15) is 4.79 Å². The van der Waals surface area contributed by atoms with Gasteiger partial charge >= 0.3 is 6.03 Å². The van der Waals surface area contributed by atoms with Gasteiger partial charge in [-0.3, -0.25) is 0 Å². The van der Waals surface area contributed by atoms with Crippen LogP contribution in [0.3, 0.4) is 0 Å². The van der Waals surface area contributed by atoms with Crippen molar-refractivity contribution < 1.29 is 9.90 Å². The molecule has 0 bridgehead atoms. The molecule has 6 heteroatoms. The average Bonchev–Trinajstić information content (AvgIpc) is 3.05. The molecule has 24 heavy (non-hydrogen) atoms. The molecule has 0 unspecified atom stereocenters. The summed E-state index contributed by atoms with van der Waals surface area (Å²) < 4.78 is 1.72. The monoisotopic (exact) mass is 330 g/mol. The van der Waals surface area contributed by atoms with E-state index < -0.39 is 0 Å². The van der Waals surface area contributed by atoms with Crippen LogP contribution in [0.4, 0.5) is 10.5 Å². The molecule has 2 aromatic rings. The third-order valence-corrected chi connectivity index (χ3v) is 3.44. The van der Waals surface area contributed by atoms with Crippen LogP contribution < -0.4 is 5.32 Å². The summed E-state index contributed by atoms with van der Waals surface area (Å²) in [6, 6.07) is 9.22. The van der Waals surface area contributed by atoms with Crippen LogP contribution in [0.15, 0.2) is 42.7 Å². The molecule has 0 fully saturated rings. The Balaban J connectivity index is 2.17. The van der Waals surface area contributed by atoms with Crippen LogP contribution in [0.1, 0.15) is 27.2 Å². The molecule has 0 radical (unpaired) electrons. The molecule has 0 saturated carbocycles. The van der Waals surface area contributed by atoms with Crippen molar-refractivity contribution in [1.29, 1.82) is 0 Å². The number of aromatic nitrogens is 2. The van der Waals surface area contributed by atoms with Crippen LogP contribution >= 0.6 is 0 Å². The van der Waals surface area contributed by atoms with E-state index in [1.54, 1.807) is 15.8 Å². The molecule has 6 nitrogen and oxygen atoms in total. The lowest BCUT2D eigenvalue weighted by atomic mass is 9.96. The van der Waals surface area contributed by atoms with Gasteiger partial charge in [0.25, 0.3) is 0 Å². The molecule has 0 aliphatic heterocycles. The zero-order valence-electron chi connectivity index (χ0n) is 14.6. The second kappa shape index (κ2) is 7.97. The number of hydrogen-bond acceptors (Lipinski definition) is 3. The first-order valence-corrected chi connectivity index (χ1v) is 8.16. The van der Waals surface area contributed by atoms with Gasteiger partial charge in [0.1, 0.15) is 0 Å². The number of rotatable bonds is 6. The van der Waals surface area contributed by atoms with Gasteiger partial charge in [-0.05, 0) is 30.0 Å². The molecule has 0 aliphatic rings. The van der Waals surface area contributed by atoms with E-state index in [2.05, 4.69) is 31.2 Å². The summed E-state index contributed by atoms with van der Waals surface area (Å²) in [7, 11) is 0. The van der Waals surface area contributed by atoms with E-state index in [1.165, 1.54) is 0 Å². The summed E-state index contributed by atoms with van der Waals surface area (Å²) in [6.45, 7) is 7.46. The minimum Gasteiger partial charge on any atom is -0.396 e. The van der Waals surface area contributed by atoms with Crippen LogP contribution in [0.25, 0.3) is 5.69 Å². The number of nitrogens with zero attached hydrogens (tertiary/aromatic N) is 3. The number of nitrogens with one attached hydrogen (secondary N) is 1. The average molecular weight is 330 g/mol. The normalized spacial score (nSPS) is 11.3. The maximum absolute atomic E-state index is 12.7. The fourth-order valence-corrected chi connectivity index (χ4v) is 2.47. The number of hydrogen-bond donors (Lipinski definition) is 2. The largest absolute Gasteiger partial charge is 0.396 e. The number of urea groups is 1. The fraction of sp³-hybridized carbons (Fsp3) is 0.444. The third kappa shape index (κ3) is 5.09. The Morgan fingerprint density at radius 1 is 1.29 bits per heavy atom.